The SMILES string of the molecule is C[C@H](N)C(=O)C(=N)Cc1cc(C#N)ccc1O.Cl. The van der Waals surface area contributed by atoms with Crippen LogP contribution in [0.1, 0.15) is 18.1 Å². The highest BCUT2D eigenvalue weighted by Crippen LogP contribution is 2.19. The van der Waals surface area contributed by atoms with Crippen molar-refractivity contribution in [1.29, 1.82) is 10.7 Å². The molecule has 1 atom stereocenters. The van der Waals surface area contributed by atoms with Crippen molar-refractivity contribution in [1.82, 2.24) is 0 Å². The number of aromatic hydroxyl groups is 1. The summed E-state index contributed by atoms with van der Waals surface area (Å²) in [7, 11) is 0. The molecule has 0 saturated carbocycles. The molecule has 96 valence electrons. The largest absolute Gasteiger partial charge is 0.508 e. The minimum absolute atomic E-state index is 0. The van der Waals surface area contributed by atoms with Crippen LogP contribution in [0.15, 0.2) is 18.2 Å². The summed E-state index contributed by atoms with van der Waals surface area (Å²) in [5, 5.41) is 25.8. The molecular weight excluding hydrogens is 254 g/mol. The lowest BCUT2D eigenvalue weighted by Crippen LogP contribution is -2.33. The number of halogens is 1. The van der Waals surface area contributed by atoms with E-state index in [1.54, 1.807) is 0 Å². The zero-order valence-electron chi connectivity index (χ0n) is 9.80. The maximum Gasteiger partial charge on any atom is 0.192 e. The molecule has 0 aliphatic rings. The fourth-order valence-corrected chi connectivity index (χ4v) is 1.35. The number of phenolic OH excluding ortho intramolecular Hbond substituents is 1. The number of hydrogen-bond donors (Lipinski definition) is 3. The summed E-state index contributed by atoms with van der Waals surface area (Å²) in [4.78, 5) is 11.4. The van der Waals surface area contributed by atoms with E-state index >= 15 is 0 Å². The normalized spacial score (nSPS) is 10.9. The summed E-state index contributed by atoms with van der Waals surface area (Å²) in [5.41, 5.74) is 5.96. The Morgan fingerprint density at radius 2 is 2.22 bits per heavy atom. The summed E-state index contributed by atoms with van der Waals surface area (Å²) >= 11 is 0. The first-order valence-electron chi connectivity index (χ1n) is 5.05. The van der Waals surface area contributed by atoms with Crippen LogP contribution in [0.3, 0.4) is 0 Å². The van der Waals surface area contributed by atoms with E-state index in [0.29, 0.717) is 11.1 Å². The van der Waals surface area contributed by atoms with Gasteiger partial charge in [0, 0.05) is 12.0 Å². The average molecular weight is 268 g/mol. The summed E-state index contributed by atoms with van der Waals surface area (Å²) in [6.45, 7) is 1.50. The summed E-state index contributed by atoms with van der Waals surface area (Å²) in [5.74, 6) is -0.502. The number of phenols is 1. The molecule has 0 bridgehead atoms. The summed E-state index contributed by atoms with van der Waals surface area (Å²) < 4.78 is 0. The molecule has 0 aliphatic heterocycles. The van der Waals surface area contributed by atoms with Crippen LogP contribution >= 0.6 is 12.4 Å². The highest BCUT2D eigenvalue weighted by atomic mass is 35.5. The maximum absolute atomic E-state index is 11.4. The first kappa shape index (κ1) is 16.1. The fourth-order valence-electron chi connectivity index (χ4n) is 1.35. The number of Topliss-reactive ketones (excluding diaryl/α,β-unsaturated/α-hetero) is 1. The Labute approximate surface area is 111 Å². The molecule has 5 nitrogen and oxygen atoms in total. The highest BCUT2D eigenvalue weighted by molar-refractivity contribution is 6.40. The zero-order valence-corrected chi connectivity index (χ0v) is 10.6. The number of nitrogens with two attached hydrogens (primary N) is 1. The first-order valence-corrected chi connectivity index (χ1v) is 5.05. The number of nitrogens with zero attached hydrogens (tertiary/aromatic N) is 1. The summed E-state index contributed by atoms with van der Waals surface area (Å²) in [6, 6.07) is 5.49. The van der Waals surface area contributed by atoms with Crippen LogP contribution in [0, 0.1) is 16.7 Å². The Bertz CT molecular complexity index is 507. The molecule has 0 aliphatic carbocycles. The van der Waals surface area contributed by atoms with Crippen LogP contribution < -0.4 is 5.73 Å². The lowest BCUT2D eigenvalue weighted by Gasteiger charge is -2.08. The number of benzene rings is 1. The van der Waals surface area contributed by atoms with Gasteiger partial charge in [0.15, 0.2) is 5.78 Å². The van der Waals surface area contributed by atoms with E-state index in [-0.39, 0.29) is 30.3 Å². The molecule has 6 heteroatoms. The predicted molar refractivity (Wildman–Crippen MR) is 70.2 cm³/mol. The van der Waals surface area contributed by atoms with Gasteiger partial charge in [-0.15, -0.1) is 12.4 Å². The van der Waals surface area contributed by atoms with E-state index in [2.05, 4.69) is 0 Å². The second-order valence-electron chi connectivity index (χ2n) is 3.76. The van der Waals surface area contributed by atoms with Crippen molar-refractivity contribution in [3.8, 4) is 11.8 Å². The van der Waals surface area contributed by atoms with E-state index in [0.717, 1.165) is 0 Å². The second kappa shape index (κ2) is 6.74. The summed E-state index contributed by atoms with van der Waals surface area (Å²) in [6.07, 6.45) is -0.0261. The topological polar surface area (TPSA) is 111 Å². The monoisotopic (exact) mass is 267 g/mol. The molecule has 1 aromatic carbocycles. The van der Waals surface area contributed by atoms with Gasteiger partial charge in [-0.2, -0.15) is 5.26 Å². The van der Waals surface area contributed by atoms with E-state index in [1.807, 2.05) is 6.07 Å². The van der Waals surface area contributed by atoms with Crippen LogP contribution in [0.5, 0.6) is 5.75 Å². The van der Waals surface area contributed by atoms with Gasteiger partial charge in [0.25, 0.3) is 0 Å². The predicted octanol–water partition coefficient (Wildman–Crippen LogP) is 1.16. The van der Waals surface area contributed by atoms with Gasteiger partial charge in [-0.05, 0) is 25.1 Å². The maximum atomic E-state index is 11.4. The standard InChI is InChI=1S/C12H13N3O2.ClH/c1-7(14)12(17)10(15)5-9-4-8(6-13)2-3-11(9)16;/h2-4,7,15-16H,5,14H2,1H3;1H/t7-;/m0./s1. The minimum Gasteiger partial charge on any atom is -0.508 e. The molecule has 0 saturated heterocycles. The Kier molecular flexibility index (Phi) is 6.03. The molecular formula is C12H14ClN3O2. The first-order chi connectivity index (χ1) is 7.95. The number of rotatable bonds is 4. The van der Waals surface area contributed by atoms with Crippen LogP contribution in [0.2, 0.25) is 0 Å². The van der Waals surface area contributed by atoms with Gasteiger partial charge in [-0.25, -0.2) is 0 Å². The van der Waals surface area contributed by atoms with Gasteiger partial charge >= 0.3 is 0 Å². The number of nitriles is 1. The van der Waals surface area contributed by atoms with Crippen molar-refractivity contribution in [3.05, 3.63) is 29.3 Å². The van der Waals surface area contributed by atoms with Crippen LogP contribution in [0.25, 0.3) is 0 Å². The lowest BCUT2D eigenvalue weighted by molar-refractivity contribution is -0.113. The minimum atomic E-state index is -0.733. The number of ketones is 1. The molecule has 0 amide bonds. The van der Waals surface area contributed by atoms with Gasteiger partial charge in [-0.1, -0.05) is 0 Å². The van der Waals surface area contributed by atoms with Gasteiger partial charge < -0.3 is 16.2 Å². The quantitative estimate of drug-likeness (QED) is 0.711. The van der Waals surface area contributed by atoms with E-state index in [1.165, 1.54) is 25.1 Å². The molecule has 0 fully saturated rings. The molecule has 4 N–H and O–H groups in total. The number of carbonyl (C=O) groups is 1. The molecule has 0 spiro atoms. The molecule has 0 radical (unpaired) electrons. The zero-order chi connectivity index (χ0) is 13.0. The molecule has 1 aromatic rings. The second-order valence-corrected chi connectivity index (χ2v) is 3.76. The van der Waals surface area contributed by atoms with Crippen molar-refractivity contribution >= 4 is 23.9 Å². The van der Waals surface area contributed by atoms with Crippen LogP contribution in [0.4, 0.5) is 0 Å². The molecule has 18 heavy (non-hydrogen) atoms. The van der Waals surface area contributed by atoms with Crippen LogP contribution in [-0.2, 0) is 11.2 Å². The van der Waals surface area contributed by atoms with E-state index in [4.69, 9.17) is 16.4 Å². The fraction of sp³-hybridized carbons (Fsp3) is 0.250. The molecule has 1 rings (SSSR count). The van der Waals surface area contributed by atoms with Gasteiger partial charge in [0.05, 0.1) is 23.4 Å². The van der Waals surface area contributed by atoms with Gasteiger partial charge in [0.2, 0.25) is 0 Å². The Morgan fingerprint density at radius 3 is 2.72 bits per heavy atom. The molecule has 0 aromatic heterocycles. The van der Waals surface area contributed by atoms with Gasteiger partial charge in [-0.3, -0.25) is 4.79 Å². The number of carbonyl (C=O) groups excluding carboxylic acids is 1. The third kappa shape index (κ3) is 3.84. The molecule has 0 heterocycles. The van der Waals surface area contributed by atoms with Crippen molar-refractivity contribution in [3.63, 3.8) is 0 Å². The van der Waals surface area contributed by atoms with E-state index in [9.17, 15) is 9.90 Å². The van der Waals surface area contributed by atoms with Crippen molar-refractivity contribution in [2.45, 2.75) is 19.4 Å². The van der Waals surface area contributed by atoms with Gasteiger partial charge in [0.1, 0.15) is 5.75 Å². The number of nitrogens with one attached hydrogen (secondary N) is 1. The molecule has 0 unspecified atom stereocenters. The van der Waals surface area contributed by atoms with Crippen LogP contribution in [-0.4, -0.2) is 22.6 Å². The van der Waals surface area contributed by atoms with Crippen molar-refractivity contribution in [2.75, 3.05) is 0 Å². The smallest absolute Gasteiger partial charge is 0.192 e. The highest BCUT2D eigenvalue weighted by Gasteiger charge is 2.16. The average Bonchev–Trinajstić information content (AvgIpc) is 2.30. The Balaban J connectivity index is 0.00000289. The van der Waals surface area contributed by atoms with E-state index < -0.39 is 11.8 Å². The lowest BCUT2D eigenvalue weighted by atomic mass is 10.0. The third-order valence-corrected chi connectivity index (χ3v) is 2.29. The Morgan fingerprint density at radius 1 is 1.61 bits per heavy atom. The number of hydrogen-bond acceptors (Lipinski definition) is 5. The third-order valence-electron chi connectivity index (χ3n) is 2.29. The van der Waals surface area contributed by atoms with Crippen molar-refractivity contribution < 1.29 is 9.90 Å². The Hall–Kier alpha value is -1.90. The van der Waals surface area contributed by atoms with Crippen molar-refractivity contribution in [2.24, 2.45) is 5.73 Å².